The highest BCUT2D eigenvalue weighted by molar-refractivity contribution is 5.66. The molecule has 2 aromatic rings. The van der Waals surface area contributed by atoms with Crippen molar-refractivity contribution in [2.75, 3.05) is 5.73 Å². The zero-order chi connectivity index (χ0) is 15.6. The molecule has 0 bridgehead atoms. The number of aromatic nitrogens is 1. The first-order valence-electron chi connectivity index (χ1n) is 6.36. The highest BCUT2D eigenvalue weighted by Crippen LogP contribution is 2.32. The van der Waals surface area contributed by atoms with Crippen LogP contribution in [0.2, 0.25) is 0 Å². The van der Waals surface area contributed by atoms with Crippen molar-refractivity contribution >= 4 is 5.82 Å². The summed E-state index contributed by atoms with van der Waals surface area (Å²) in [6.45, 7) is 4.05. The summed E-state index contributed by atoms with van der Waals surface area (Å²) in [5, 5.41) is 3.72. The van der Waals surface area contributed by atoms with E-state index in [9.17, 15) is 13.2 Å². The van der Waals surface area contributed by atoms with Gasteiger partial charge in [-0.25, -0.2) is 0 Å². The second-order valence-corrected chi connectivity index (χ2v) is 5.05. The molecule has 1 aromatic carbocycles. The topological polar surface area (TPSA) is 61.3 Å². The molecule has 2 rings (SSSR count). The predicted molar refractivity (Wildman–Crippen MR) is 71.6 cm³/mol. The molecule has 0 fully saturated rings. The number of anilines is 1. The van der Waals surface area contributed by atoms with E-state index in [0.29, 0.717) is 29.5 Å². The number of ether oxygens (including phenoxy) is 1. The number of nitrogens with two attached hydrogens (primary N) is 1. The lowest BCUT2D eigenvalue weighted by atomic mass is 10.00. The molecule has 0 amide bonds. The van der Waals surface area contributed by atoms with Gasteiger partial charge in [0.25, 0.3) is 0 Å². The average Bonchev–Trinajstić information content (AvgIpc) is 2.70. The van der Waals surface area contributed by atoms with E-state index in [0.717, 1.165) is 5.56 Å². The largest absolute Gasteiger partial charge is 0.573 e. The molecular weight excluding hydrogens is 285 g/mol. The summed E-state index contributed by atoms with van der Waals surface area (Å²) in [4.78, 5) is 0. The van der Waals surface area contributed by atoms with E-state index in [-0.39, 0.29) is 5.75 Å². The molecule has 7 heteroatoms. The van der Waals surface area contributed by atoms with E-state index in [1.54, 1.807) is 0 Å². The van der Waals surface area contributed by atoms with E-state index < -0.39 is 6.36 Å². The van der Waals surface area contributed by atoms with Gasteiger partial charge >= 0.3 is 6.36 Å². The van der Waals surface area contributed by atoms with Gasteiger partial charge in [0.15, 0.2) is 11.6 Å². The van der Waals surface area contributed by atoms with Gasteiger partial charge in [-0.05, 0) is 36.6 Å². The summed E-state index contributed by atoms with van der Waals surface area (Å²) in [5.74, 6) is 0.830. The molecule has 0 aliphatic heterocycles. The molecule has 1 heterocycles. The Hall–Kier alpha value is -2.18. The lowest BCUT2D eigenvalue weighted by molar-refractivity contribution is -0.274. The maximum atomic E-state index is 12.1. The fourth-order valence-electron chi connectivity index (χ4n) is 1.96. The van der Waals surface area contributed by atoms with Crippen LogP contribution in [-0.4, -0.2) is 11.5 Å². The van der Waals surface area contributed by atoms with Crippen LogP contribution in [0.1, 0.15) is 19.4 Å². The van der Waals surface area contributed by atoms with Gasteiger partial charge in [0.2, 0.25) is 0 Å². The van der Waals surface area contributed by atoms with Crippen molar-refractivity contribution in [2.45, 2.75) is 26.6 Å². The monoisotopic (exact) mass is 300 g/mol. The first-order chi connectivity index (χ1) is 9.76. The number of nitrogen functional groups attached to an aromatic ring is 1. The van der Waals surface area contributed by atoms with Crippen molar-refractivity contribution in [3.8, 4) is 17.1 Å². The van der Waals surface area contributed by atoms with Crippen molar-refractivity contribution in [2.24, 2.45) is 5.92 Å². The van der Waals surface area contributed by atoms with Gasteiger partial charge in [-0.15, -0.1) is 13.2 Å². The zero-order valence-electron chi connectivity index (χ0n) is 11.6. The van der Waals surface area contributed by atoms with Gasteiger partial charge in [0.1, 0.15) is 5.75 Å². The predicted octanol–water partition coefficient (Wildman–Crippen LogP) is 4.02. The standard InChI is InChI=1S/C14H15F3N2O2/c1-8(2)7-11-12(21-19-13(11)18)9-3-5-10(6-4-9)20-14(15,16)17/h3-6,8H,7H2,1-2H3,(H2,18,19). The number of alkyl halides is 3. The van der Waals surface area contributed by atoms with Gasteiger partial charge in [-0.2, -0.15) is 0 Å². The van der Waals surface area contributed by atoms with Crippen molar-refractivity contribution in [1.82, 2.24) is 5.16 Å². The molecule has 0 aliphatic rings. The molecule has 0 radical (unpaired) electrons. The molecule has 0 saturated heterocycles. The Morgan fingerprint density at radius 3 is 2.38 bits per heavy atom. The van der Waals surface area contributed by atoms with Crippen LogP contribution in [0.15, 0.2) is 28.8 Å². The Labute approximate surface area is 119 Å². The molecule has 0 aliphatic carbocycles. The number of rotatable bonds is 4. The fraction of sp³-hybridized carbons (Fsp3) is 0.357. The Balaban J connectivity index is 2.27. The van der Waals surface area contributed by atoms with Crippen LogP contribution in [0, 0.1) is 5.92 Å². The fourth-order valence-corrected chi connectivity index (χ4v) is 1.96. The number of nitrogens with zero attached hydrogens (tertiary/aromatic N) is 1. The first kappa shape index (κ1) is 15.2. The van der Waals surface area contributed by atoms with Crippen LogP contribution in [-0.2, 0) is 6.42 Å². The van der Waals surface area contributed by atoms with Crippen molar-refractivity contribution < 1.29 is 22.4 Å². The SMILES string of the molecule is CC(C)Cc1c(N)noc1-c1ccc(OC(F)(F)F)cc1. The normalized spacial score (nSPS) is 11.9. The highest BCUT2D eigenvalue weighted by atomic mass is 19.4. The Morgan fingerprint density at radius 1 is 1.24 bits per heavy atom. The van der Waals surface area contributed by atoms with E-state index in [2.05, 4.69) is 9.89 Å². The Kier molecular flexibility index (Phi) is 4.11. The summed E-state index contributed by atoms with van der Waals surface area (Å²) in [6, 6.07) is 5.40. The summed E-state index contributed by atoms with van der Waals surface area (Å²) in [5.41, 5.74) is 7.12. The second-order valence-electron chi connectivity index (χ2n) is 5.05. The summed E-state index contributed by atoms with van der Waals surface area (Å²) < 4.78 is 45.3. The van der Waals surface area contributed by atoms with E-state index in [1.807, 2.05) is 13.8 Å². The summed E-state index contributed by atoms with van der Waals surface area (Å²) >= 11 is 0. The minimum Gasteiger partial charge on any atom is -0.406 e. The van der Waals surface area contributed by atoms with E-state index >= 15 is 0 Å². The maximum absolute atomic E-state index is 12.1. The smallest absolute Gasteiger partial charge is 0.406 e. The highest BCUT2D eigenvalue weighted by Gasteiger charge is 2.31. The summed E-state index contributed by atoms with van der Waals surface area (Å²) in [6.07, 6.45) is -4.04. The molecule has 0 saturated carbocycles. The van der Waals surface area contributed by atoms with Crippen LogP contribution in [0.4, 0.5) is 19.0 Å². The molecule has 2 N–H and O–H groups in total. The average molecular weight is 300 g/mol. The van der Waals surface area contributed by atoms with Crippen LogP contribution < -0.4 is 10.5 Å². The van der Waals surface area contributed by atoms with Gasteiger partial charge < -0.3 is 15.0 Å². The zero-order valence-corrected chi connectivity index (χ0v) is 11.6. The summed E-state index contributed by atoms with van der Waals surface area (Å²) in [7, 11) is 0. The first-order valence-corrected chi connectivity index (χ1v) is 6.36. The third-order valence-corrected chi connectivity index (χ3v) is 2.78. The van der Waals surface area contributed by atoms with Crippen LogP contribution in [0.5, 0.6) is 5.75 Å². The van der Waals surface area contributed by atoms with Gasteiger partial charge in [-0.3, -0.25) is 0 Å². The van der Waals surface area contributed by atoms with Crippen LogP contribution >= 0.6 is 0 Å². The molecule has 4 nitrogen and oxygen atoms in total. The number of hydrogen-bond acceptors (Lipinski definition) is 4. The third-order valence-electron chi connectivity index (χ3n) is 2.78. The number of benzene rings is 1. The van der Waals surface area contributed by atoms with Crippen LogP contribution in [0.3, 0.4) is 0 Å². The lowest BCUT2D eigenvalue weighted by Crippen LogP contribution is -2.16. The molecular formula is C14H15F3N2O2. The number of halogens is 3. The van der Waals surface area contributed by atoms with Gasteiger partial charge in [0.05, 0.1) is 0 Å². The van der Waals surface area contributed by atoms with E-state index in [1.165, 1.54) is 24.3 Å². The van der Waals surface area contributed by atoms with Gasteiger partial charge in [0, 0.05) is 11.1 Å². The Morgan fingerprint density at radius 2 is 1.86 bits per heavy atom. The third kappa shape index (κ3) is 3.90. The maximum Gasteiger partial charge on any atom is 0.573 e. The molecule has 0 unspecified atom stereocenters. The second kappa shape index (κ2) is 5.67. The van der Waals surface area contributed by atoms with E-state index in [4.69, 9.17) is 10.3 Å². The quantitative estimate of drug-likeness (QED) is 0.926. The minimum atomic E-state index is -4.71. The van der Waals surface area contributed by atoms with Crippen molar-refractivity contribution in [1.29, 1.82) is 0 Å². The Bertz CT molecular complexity index is 604. The molecule has 114 valence electrons. The minimum absolute atomic E-state index is 0.288. The van der Waals surface area contributed by atoms with Crippen LogP contribution in [0.25, 0.3) is 11.3 Å². The molecule has 21 heavy (non-hydrogen) atoms. The number of hydrogen-bond donors (Lipinski definition) is 1. The molecule has 0 atom stereocenters. The van der Waals surface area contributed by atoms with Gasteiger partial charge in [-0.1, -0.05) is 19.0 Å². The van der Waals surface area contributed by atoms with Crippen molar-refractivity contribution in [3.05, 3.63) is 29.8 Å². The van der Waals surface area contributed by atoms with Crippen molar-refractivity contribution in [3.63, 3.8) is 0 Å². The lowest BCUT2D eigenvalue weighted by Gasteiger charge is -2.09. The molecule has 1 aromatic heterocycles. The molecule has 0 spiro atoms.